The van der Waals surface area contributed by atoms with E-state index in [4.69, 9.17) is 9.72 Å². The predicted molar refractivity (Wildman–Crippen MR) is 91.6 cm³/mol. The van der Waals surface area contributed by atoms with Crippen molar-refractivity contribution < 1.29 is 9.53 Å². The third-order valence-corrected chi connectivity index (χ3v) is 4.93. The zero-order valence-electron chi connectivity index (χ0n) is 13.5. The molecule has 6 heteroatoms. The summed E-state index contributed by atoms with van der Waals surface area (Å²) < 4.78 is 5.27. The second-order valence-corrected chi connectivity index (χ2v) is 6.58. The lowest BCUT2D eigenvalue weighted by molar-refractivity contribution is -0.130. The molecule has 0 atom stereocenters. The van der Waals surface area contributed by atoms with Crippen LogP contribution in [0.4, 0.5) is 0 Å². The molecule has 0 radical (unpaired) electrons. The summed E-state index contributed by atoms with van der Waals surface area (Å²) in [5.74, 6) is 1.01. The van der Waals surface area contributed by atoms with E-state index < -0.39 is 0 Å². The van der Waals surface area contributed by atoms with Crippen molar-refractivity contribution in [3.8, 4) is 17.0 Å². The van der Waals surface area contributed by atoms with Gasteiger partial charge in [-0.05, 0) is 12.1 Å². The fourth-order valence-corrected chi connectivity index (χ4v) is 3.56. The van der Waals surface area contributed by atoms with Gasteiger partial charge in [-0.15, -0.1) is 11.3 Å². The van der Waals surface area contributed by atoms with Gasteiger partial charge in [-0.1, -0.05) is 12.1 Å². The number of carbonyl (C=O) groups excluding carboxylic acids is 1. The lowest BCUT2D eigenvalue weighted by atomic mass is 10.2. The quantitative estimate of drug-likeness (QED) is 0.863. The SMILES string of the molecule is COc1cccc(-c2csc(CN3CCN(C(C)=O)CC3)n2)c1. The summed E-state index contributed by atoms with van der Waals surface area (Å²) in [6, 6.07) is 7.97. The van der Waals surface area contributed by atoms with E-state index in [9.17, 15) is 4.79 Å². The largest absolute Gasteiger partial charge is 0.497 e. The molecule has 1 saturated heterocycles. The van der Waals surface area contributed by atoms with Crippen LogP contribution in [-0.2, 0) is 11.3 Å². The normalized spacial score (nSPS) is 15.7. The molecule has 1 aromatic heterocycles. The Labute approximate surface area is 140 Å². The number of piperazine rings is 1. The van der Waals surface area contributed by atoms with Crippen molar-refractivity contribution in [1.82, 2.24) is 14.8 Å². The minimum atomic E-state index is 0.166. The van der Waals surface area contributed by atoms with Crippen LogP contribution in [-0.4, -0.2) is 54.0 Å². The van der Waals surface area contributed by atoms with Crippen LogP contribution < -0.4 is 4.74 Å². The van der Waals surface area contributed by atoms with E-state index in [0.717, 1.165) is 54.7 Å². The van der Waals surface area contributed by atoms with Gasteiger partial charge in [-0.3, -0.25) is 9.69 Å². The summed E-state index contributed by atoms with van der Waals surface area (Å²) in [5, 5.41) is 3.20. The maximum absolute atomic E-state index is 11.4. The Morgan fingerprint density at radius 1 is 1.30 bits per heavy atom. The van der Waals surface area contributed by atoms with Crippen molar-refractivity contribution in [2.75, 3.05) is 33.3 Å². The van der Waals surface area contributed by atoms with E-state index in [1.807, 2.05) is 29.2 Å². The van der Waals surface area contributed by atoms with Crippen LogP contribution in [0.1, 0.15) is 11.9 Å². The van der Waals surface area contributed by atoms with Gasteiger partial charge in [-0.25, -0.2) is 4.98 Å². The number of methoxy groups -OCH3 is 1. The molecule has 3 rings (SSSR count). The zero-order chi connectivity index (χ0) is 16.2. The Balaban J connectivity index is 1.62. The van der Waals surface area contributed by atoms with E-state index in [0.29, 0.717) is 0 Å². The summed E-state index contributed by atoms with van der Waals surface area (Å²) in [4.78, 5) is 20.4. The minimum Gasteiger partial charge on any atom is -0.497 e. The molecule has 0 spiro atoms. The molecule has 0 aliphatic carbocycles. The highest BCUT2D eigenvalue weighted by atomic mass is 32.1. The number of carbonyl (C=O) groups is 1. The zero-order valence-corrected chi connectivity index (χ0v) is 14.3. The highest BCUT2D eigenvalue weighted by molar-refractivity contribution is 7.09. The molecule has 5 nitrogen and oxygen atoms in total. The maximum Gasteiger partial charge on any atom is 0.219 e. The van der Waals surface area contributed by atoms with Gasteiger partial charge in [0.2, 0.25) is 5.91 Å². The number of hydrogen-bond donors (Lipinski definition) is 0. The Kier molecular flexibility index (Phi) is 4.93. The van der Waals surface area contributed by atoms with Crippen LogP contribution in [0.3, 0.4) is 0 Å². The topological polar surface area (TPSA) is 45.7 Å². The van der Waals surface area contributed by atoms with Gasteiger partial charge < -0.3 is 9.64 Å². The average molecular weight is 331 g/mol. The van der Waals surface area contributed by atoms with Crippen LogP contribution in [0, 0.1) is 0 Å². The molecule has 1 aliphatic rings. The molecule has 122 valence electrons. The third kappa shape index (κ3) is 3.89. The molecule has 1 amide bonds. The first-order valence-corrected chi connectivity index (χ1v) is 8.60. The van der Waals surface area contributed by atoms with E-state index in [1.54, 1.807) is 25.4 Å². The van der Waals surface area contributed by atoms with Crippen molar-refractivity contribution in [2.45, 2.75) is 13.5 Å². The molecule has 0 unspecified atom stereocenters. The van der Waals surface area contributed by atoms with Gasteiger partial charge in [0.1, 0.15) is 10.8 Å². The van der Waals surface area contributed by atoms with Crippen LogP contribution in [0.25, 0.3) is 11.3 Å². The summed E-state index contributed by atoms with van der Waals surface area (Å²) >= 11 is 1.68. The third-order valence-electron chi connectivity index (χ3n) is 4.09. The van der Waals surface area contributed by atoms with E-state index >= 15 is 0 Å². The number of thiazole rings is 1. The Bertz CT molecular complexity index is 678. The Morgan fingerprint density at radius 2 is 2.09 bits per heavy atom. The predicted octanol–water partition coefficient (Wildman–Crippen LogP) is 2.48. The van der Waals surface area contributed by atoms with Crippen molar-refractivity contribution in [3.63, 3.8) is 0 Å². The second kappa shape index (κ2) is 7.10. The van der Waals surface area contributed by atoms with Gasteiger partial charge in [0.15, 0.2) is 0 Å². The highest BCUT2D eigenvalue weighted by Gasteiger charge is 2.19. The molecular formula is C17H21N3O2S. The molecule has 23 heavy (non-hydrogen) atoms. The van der Waals surface area contributed by atoms with Crippen molar-refractivity contribution in [1.29, 1.82) is 0 Å². The Morgan fingerprint density at radius 3 is 2.78 bits per heavy atom. The number of amides is 1. The molecule has 0 bridgehead atoms. The number of aromatic nitrogens is 1. The summed E-state index contributed by atoms with van der Waals surface area (Å²) in [5.41, 5.74) is 2.07. The van der Waals surface area contributed by atoms with Crippen LogP contribution in [0.15, 0.2) is 29.6 Å². The van der Waals surface area contributed by atoms with Crippen molar-refractivity contribution >= 4 is 17.2 Å². The number of rotatable bonds is 4. The van der Waals surface area contributed by atoms with E-state index in [-0.39, 0.29) is 5.91 Å². The molecule has 1 fully saturated rings. The fraction of sp³-hybridized carbons (Fsp3) is 0.412. The second-order valence-electron chi connectivity index (χ2n) is 5.64. The van der Waals surface area contributed by atoms with Crippen LogP contribution in [0.5, 0.6) is 5.75 Å². The average Bonchev–Trinajstić information content (AvgIpc) is 3.04. The van der Waals surface area contributed by atoms with Crippen molar-refractivity contribution in [3.05, 3.63) is 34.7 Å². The molecule has 1 aromatic carbocycles. The molecule has 0 N–H and O–H groups in total. The minimum absolute atomic E-state index is 0.166. The number of nitrogens with zero attached hydrogens (tertiary/aromatic N) is 3. The molecule has 0 saturated carbocycles. The number of benzene rings is 1. The summed E-state index contributed by atoms with van der Waals surface area (Å²) in [6.45, 7) is 5.92. The molecule has 2 heterocycles. The van der Waals surface area contributed by atoms with Gasteiger partial charge in [0, 0.05) is 44.0 Å². The van der Waals surface area contributed by atoms with Crippen LogP contribution in [0.2, 0.25) is 0 Å². The lowest BCUT2D eigenvalue weighted by Crippen LogP contribution is -2.47. The molecular weight excluding hydrogens is 310 g/mol. The van der Waals surface area contributed by atoms with Crippen molar-refractivity contribution in [2.24, 2.45) is 0 Å². The lowest BCUT2D eigenvalue weighted by Gasteiger charge is -2.33. The van der Waals surface area contributed by atoms with Gasteiger partial charge in [0.25, 0.3) is 0 Å². The first kappa shape index (κ1) is 16.0. The Hall–Kier alpha value is -1.92. The van der Waals surface area contributed by atoms with Gasteiger partial charge in [-0.2, -0.15) is 0 Å². The van der Waals surface area contributed by atoms with E-state index in [2.05, 4.69) is 10.3 Å². The molecule has 1 aliphatic heterocycles. The monoisotopic (exact) mass is 331 g/mol. The first-order valence-electron chi connectivity index (χ1n) is 7.72. The number of hydrogen-bond acceptors (Lipinski definition) is 5. The smallest absolute Gasteiger partial charge is 0.219 e. The standard InChI is InChI=1S/C17H21N3O2S/c1-13(21)20-8-6-19(7-9-20)11-17-18-16(12-23-17)14-4-3-5-15(10-14)22-2/h3-5,10,12H,6-9,11H2,1-2H3. The summed E-state index contributed by atoms with van der Waals surface area (Å²) in [7, 11) is 1.67. The maximum atomic E-state index is 11.4. The van der Waals surface area contributed by atoms with Gasteiger partial charge in [0.05, 0.1) is 19.3 Å². The van der Waals surface area contributed by atoms with Gasteiger partial charge >= 0.3 is 0 Å². The molecule has 2 aromatic rings. The fourth-order valence-electron chi connectivity index (χ4n) is 2.71. The van der Waals surface area contributed by atoms with Crippen LogP contribution >= 0.6 is 11.3 Å². The highest BCUT2D eigenvalue weighted by Crippen LogP contribution is 2.26. The summed E-state index contributed by atoms with van der Waals surface area (Å²) in [6.07, 6.45) is 0. The first-order chi connectivity index (χ1) is 11.2. The van der Waals surface area contributed by atoms with E-state index in [1.165, 1.54) is 0 Å². The number of ether oxygens (including phenoxy) is 1.